The number of carbonyl (C=O) groups is 1. The fourth-order valence-electron chi connectivity index (χ4n) is 2.67. The number of hydrogen-bond donors (Lipinski definition) is 1. The van der Waals surface area contributed by atoms with Crippen molar-refractivity contribution in [3.8, 4) is 5.75 Å². The Morgan fingerprint density at radius 1 is 1.17 bits per heavy atom. The van der Waals surface area contributed by atoms with Gasteiger partial charge in [0.1, 0.15) is 5.75 Å². The van der Waals surface area contributed by atoms with Crippen LogP contribution in [0.5, 0.6) is 5.75 Å². The summed E-state index contributed by atoms with van der Waals surface area (Å²) in [5.74, 6) is 0.677. The van der Waals surface area contributed by atoms with Gasteiger partial charge in [0, 0.05) is 16.5 Å². The standard InChI is InChI=1S/C19H19NO2S/c1-3-7-16-15-10-4-5-11-17(15)23-18(16)19(21)20-13-8-6-9-14(12-13)22-2/h4-6,8-12H,3,7H2,1-2H3,(H,20,21). The summed E-state index contributed by atoms with van der Waals surface area (Å²) in [4.78, 5) is 13.5. The minimum absolute atomic E-state index is 0.0529. The number of nitrogens with one attached hydrogen (secondary N) is 1. The molecule has 3 aromatic rings. The van der Waals surface area contributed by atoms with Gasteiger partial charge in [-0.05, 0) is 35.6 Å². The predicted octanol–water partition coefficient (Wildman–Crippen LogP) is 5.11. The molecular formula is C19H19NO2S. The van der Waals surface area contributed by atoms with E-state index in [4.69, 9.17) is 4.74 Å². The number of fused-ring (bicyclic) bond motifs is 1. The molecular weight excluding hydrogens is 306 g/mol. The lowest BCUT2D eigenvalue weighted by molar-refractivity contribution is 0.103. The maximum atomic E-state index is 12.7. The van der Waals surface area contributed by atoms with E-state index >= 15 is 0 Å². The van der Waals surface area contributed by atoms with E-state index in [2.05, 4.69) is 24.4 Å². The fraction of sp³-hybridized carbons (Fsp3) is 0.211. The summed E-state index contributed by atoms with van der Waals surface area (Å²) in [6.07, 6.45) is 1.92. The molecule has 0 unspecified atom stereocenters. The van der Waals surface area contributed by atoms with E-state index in [-0.39, 0.29) is 5.91 Å². The van der Waals surface area contributed by atoms with Crippen molar-refractivity contribution in [1.82, 2.24) is 0 Å². The van der Waals surface area contributed by atoms with Gasteiger partial charge in [-0.25, -0.2) is 0 Å². The Morgan fingerprint density at radius 3 is 2.78 bits per heavy atom. The largest absolute Gasteiger partial charge is 0.497 e. The molecule has 1 heterocycles. The second kappa shape index (κ2) is 6.84. The van der Waals surface area contributed by atoms with Crippen molar-refractivity contribution >= 4 is 33.0 Å². The van der Waals surface area contributed by atoms with Gasteiger partial charge in [0.2, 0.25) is 0 Å². The van der Waals surface area contributed by atoms with Crippen LogP contribution in [0.1, 0.15) is 28.6 Å². The number of aryl methyl sites for hydroxylation is 1. The normalized spacial score (nSPS) is 10.7. The summed E-state index contributed by atoms with van der Waals surface area (Å²) < 4.78 is 6.36. The maximum Gasteiger partial charge on any atom is 0.266 e. The third-order valence-corrected chi connectivity index (χ3v) is 4.94. The average molecular weight is 325 g/mol. The number of thiophene rings is 1. The summed E-state index contributed by atoms with van der Waals surface area (Å²) >= 11 is 1.56. The van der Waals surface area contributed by atoms with Gasteiger partial charge in [-0.2, -0.15) is 0 Å². The molecule has 1 N–H and O–H groups in total. The highest BCUT2D eigenvalue weighted by molar-refractivity contribution is 7.21. The highest BCUT2D eigenvalue weighted by Crippen LogP contribution is 2.33. The van der Waals surface area contributed by atoms with Gasteiger partial charge in [-0.15, -0.1) is 11.3 Å². The lowest BCUT2D eigenvalue weighted by Gasteiger charge is -2.07. The van der Waals surface area contributed by atoms with Crippen molar-refractivity contribution in [2.45, 2.75) is 19.8 Å². The first kappa shape index (κ1) is 15.6. The predicted molar refractivity (Wildman–Crippen MR) is 96.8 cm³/mol. The van der Waals surface area contributed by atoms with Crippen LogP contribution in [0.2, 0.25) is 0 Å². The van der Waals surface area contributed by atoms with E-state index in [1.807, 2.05) is 36.4 Å². The molecule has 0 saturated heterocycles. The van der Waals surface area contributed by atoms with E-state index in [9.17, 15) is 4.79 Å². The van der Waals surface area contributed by atoms with Gasteiger partial charge >= 0.3 is 0 Å². The first-order valence-corrected chi connectivity index (χ1v) is 8.50. The Labute approximate surface area is 139 Å². The smallest absolute Gasteiger partial charge is 0.266 e. The van der Waals surface area contributed by atoms with Crippen LogP contribution in [0.15, 0.2) is 48.5 Å². The topological polar surface area (TPSA) is 38.3 Å². The third-order valence-electron chi connectivity index (χ3n) is 3.73. The first-order valence-electron chi connectivity index (χ1n) is 7.68. The van der Waals surface area contributed by atoms with Crippen molar-refractivity contribution in [3.05, 3.63) is 59.0 Å². The van der Waals surface area contributed by atoms with Crippen LogP contribution in [0.4, 0.5) is 5.69 Å². The Balaban J connectivity index is 1.95. The van der Waals surface area contributed by atoms with Gasteiger partial charge in [-0.3, -0.25) is 4.79 Å². The monoisotopic (exact) mass is 325 g/mol. The molecule has 3 rings (SSSR count). The second-order valence-corrected chi connectivity index (χ2v) is 6.39. The highest BCUT2D eigenvalue weighted by Gasteiger charge is 2.17. The number of rotatable bonds is 5. The van der Waals surface area contributed by atoms with Crippen molar-refractivity contribution in [2.24, 2.45) is 0 Å². The lowest BCUT2D eigenvalue weighted by atomic mass is 10.1. The van der Waals surface area contributed by atoms with E-state index in [0.29, 0.717) is 0 Å². The van der Waals surface area contributed by atoms with Crippen molar-refractivity contribution < 1.29 is 9.53 Å². The van der Waals surface area contributed by atoms with Crippen molar-refractivity contribution in [2.75, 3.05) is 12.4 Å². The number of hydrogen-bond acceptors (Lipinski definition) is 3. The Bertz CT molecular complexity index is 838. The quantitative estimate of drug-likeness (QED) is 0.707. The maximum absolute atomic E-state index is 12.7. The molecule has 0 radical (unpaired) electrons. The molecule has 23 heavy (non-hydrogen) atoms. The molecule has 0 saturated carbocycles. The molecule has 1 amide bonds. The summed E-state index contributed by atoms with van der Waals surface area (Å²) in [5, 5.41) is 4.17. The number of benzene rings is 2. The minimum Gasteiger partial charge on any atom is -0.497 e. The van der Waals surface area contributed by atoms with Crippen LogP contribution in [0.3, 0.4) is 0 Å². The lowest BCUT2D eigenvalue weighted by Crippen LogP contribution is -2.12. The Hall–Kier alpha value is -2.33. The van der Waals surface area contributed by atoms with Gasteiger partial charge in [0.05, 0.1) is 12.0 Å². The first-order chi connectivity index (χ1) is 11.2. The van der Waals surface area contributed by atoms with Crippen LogP contribution in [-0.4, -0.2) is 13.0 Å². The molecule has 4 heteroatoms. The van der Waals surface area contributed by atoms with E-state index in [1.165, 1.54) is 5.39 Å². The number of ether oxygens (including phenoxy) is 1. The van der Waals surface area contributed by atoms with Crippen molar-refractivity contribution in [1.29, 1.82) is 0 Å². The number of carbonyl (C=O) groups excluding carboxylic acids is 1. The van der Waals surface area contributed by atoms with Gasteiger partial charge in [0.15, 0.2) is 0 Å². The van der Waals surface area contributed by atoms with Gasteiger partial charge < -0.3 is 10.1 Å². The SMILES string of the molecule is CCCc1c(C(=O)Nc2cccc(OC)c2)sc2ccccc12. The number of anilines is 1. The Morgan fingerprint density at radius 2 is 2.00 bits per heavy atom. The summed E-state index contributed by atoms with van der Waals surface area (Å²) in [6, 6.07) is 15.6. The molecule has 1 aromatic heterocycles. The Kier molecular flexibility index (Phi) is 4.63. The van der Waals surface area contributed by atoms with Crippen LogP contribution in [0.25, 0.3) is 10.1 Å². The molecule has 0 bridgehead atoms. The van der Waals surface area contributed by atoms with Gasteiger partial charge in [-0.1, -0.05) is 37.6 Å². The van der Waals surface area contributed by atoms with Crippen LogP contribution < -0.4 is 10.1 Å². The zero-order valence-electron chi connectivity index (χ0n) is 13.3. The molecule has 0 aliphatic heterocycles. The third kappa shape index (κ3) is 3.22. The van der Waals surface area contributed by atoms with Crippen LogP contribution in [-0.2, 0) is 6.42 Å². The molecule has 3 nitrogen and oxygen atoms in total. The summed E-state index contributed by atoms with van der Waals surface area (Å²) in [7, 11) is 1.62. The zero-order chi connectivity index (χ0) is 16.2. The highest BCUT2D eigenvalue weighted by atomic mass is 32.1. The molecule has 2 aromatic carbocycles. The van der Waals surface area contributed by atoms with E-state index < -0.39 is 0 Å². The average Bonchev–Trinajstić information content (AvgIpc) is 2.94. The molecule has 0 spiro atoms. The van der Waals surface area contributed by atoms with Crippen molar-refractivity contribution in [3.63, 3.8) is 0 Å². The molecule has 0 aliphatic carbocycles. The minimum atomic E-state index is -0.0529. The van der Waals surface area contributed by atoms with E-state index in [1.54, 1.807) is 18.4 Å². The van der Waals surface area contributed by atoms with Crippen LogP contribution >= 0.6 is 11.3 Å². The molecule has 0 fully saturated rings. The fourth-order valence-corrected chi connectivity index (χ4v) is 3.82. The number of amides is 1. The van der Waals surface area contributed by atoms with Crippen LogP contribution in [0, 0.1) is 0 Å². The van der Waals surface area contributed by atoms with Gasteiger partial charge in [0.25, 0.3) is 5.91 Å². The molecule has 0 aliphatic rings. The second-order valence-electron chi connectivity index (χ2n) is 5.34. The summed E-state index contributed by atoms with van der Waals surface area (Å²) in [5.41, 5.74) is 1.89. The number of methoxy groups -OCH3 is 1. The van der Waals surface area contributed by atoms with E-state index in [0.717, 1.165) is 39.4 Å². The summed E-state index contributed by atoms with van der Waals surface area (Å²) in [6.45, 7) is 2.14. The zero-order valence-corrected chi connectivity index (χ0v) is 14.1. The molecule has 118 valence electrons. The molecule has 0 atom stereocenters.